The van der Waals surface area contributed by atoms with Gasteiger partial charge in [-0.05, 0) is 30.3 Å². The summed E-state index contributed by atoms with van der Waals surface area (Å²) in [5.74, 6) is 0. The lowest BCUT2D eigenvalue weighted by molar-refractivity contribution is 0.596. The van der Waals surface area contributed by atoms with Gasteiger partial charge in [0.2, 0.25) is 9.84 Å². The van der Waals surface area contributed by atoms with E-state index in [1.54, 1.807) is 36.4 Å². The van der Waals surface area contributed by atoms with E-state index in [9.17, 15) is 21.0 Å². The predicted octanol–water partition coefficient (Wildman–Crippen LogP) is 3.43. The van der Waals surface area contributed by atoms with E-state index in [0.29, 0.717) is 0 Å². The van der Waals surface area contributed by atoms with Crippen LogP contribution in [0.3, 0.4) is 0 Å². The molecular formula is C17H15NO5S4. The van der Waals surface area contributed by atoms with E-state index in [0.717, 1.165) is 17.4 Å². The average Bonchev–Trinajstić information content (AvgIpc) is 3.14. The van der Waals surface area contributed by atoms with Crippen molar-refractivity contribution in [1.29, 1.82) is 0 Å². The van der Waals surface area contributed by atoms with Crippen LogP contribution in [0.25, 0.3) is 0 Å². The van der Waals surface area contributed by atoms with E-state index < -0.39 is 29.6 Å². The van der Waals surface area contributed by atoms with Crippen LogP contribution in [0.15, 0.2) is 94.8 Å². The topological polar surface area (TPSA) is 97.7 Å². The first-order chi connectivity index (χ1) is 12.6. The van der Waals surface area contributed by atoms with Crippen LogP contribution in [0.5, 0.6) is 0 Å². The predicted molar refractivity (Wildman–Crippen MR) is 105 cm³/mol. The molecule has 0 unspecified atom stereocenters. The first-order valence-electron chi connectivity index (χ1n) is 7.55. The minimum atomic E-state index is -4.28. The van der Waals surface area contributed by atoms with Crippen molar-refractivity contribution in [3.63, 3.8) is 0 Å². The maximum Gasteiger partial charge on any atom is 0.299 e. The van der Waals surface area contributed by atoms with Gasteiger partial charge in [-0.1, -0.05) is 36.4 Å². The Morgan fingerprint density at radius 1 is 0.741 bits per heavy atom. The number of nitrogens with zero attached hydrogens (tertiary/aromatic N) is 1. The Hall–Kier alpha value is -2.01. The molecule has 142 valence electrons. The van der Waals surface area contributed by atoms with Gasteiger partial charge in [0.05, 0.1) is 19.5 Å². The monoisotopic (exact) mass is 441 g/mol. The lowest BCUT2D eigenvalue weighted by Crippen LogP contribution is -2.04. The third-order valence-electron chi connectivity index (χ3n) is 3.59. The molecule has 0 amide bonds. The van der Waals surface area contributed by atoms with Crippen molar-refractivity contribution >= 4 is 40.9 Å². The Kier molecular flexibility index (Phi) is 5.26. The molecule has 0 spiro atoms. The molecule has 6 nitrogen and oxygen atoms in total. The van der Waals surface area contributed by atoms with Crippen molar-refractivity contribution < 1.29 is 21.0 Å². The molecule has 1 atom stereocenters. The molecule has 0 saturated heterocycles. The third kappa shape index (κ3) is 4.13. The van der Waals surface area contributed by atoms with Gasteiger partial charge in [-0.15, -0.1) is 15.1 Å². The van der Waals surface area contributed by atoms with E-state index in [1.807, 2.05) is 0 Å². The van der Waals surface area contributed by atoms with Crippen molar-refractivity contribution in [1.82, 2.24) is 0 Å². The van der Waals surface area contributed by atoms with E-state index in [4.69, 9.17) is 0 Å². The number of sulfonamides is 1. The van der Waals surface area contributed by atoms with Gasteiger partial charge in [0.15, 0.2) is 0 Å². The van der Waals surface area contributed by atoms with E-state index in [2.05, 4.69) is 3.77 Å². The lowest BCUT2D eigenvalue weighted by Gasteiger charge is -2.03. The molecule has 1 aromatic heterocycles. The van der Waals surface area contributed by atoms with Gasteiger partial charge >= 0.3 is 0 Å². The fourth-order valence-electron chi connectivity index (χ4n) is 2.25. The smallest absolute Gasteiger partial charge is 0.244 e. The maximum absolute atomic E-state index is 12.7. The second-order valence-electron chi connectivity index (χ2n) is 5.58. The zero-order valence-corrected chi connectivity index (χ0v) is 17.3. The summed E-state index contributed by atoms with van der Waals surface area (Å²) in [5.41, 5.74) is 0. The highest BCUT2D eigenvalue weighted by atomic mass is 32.3. The van der Waals surface area contributed by atoms with Crippen LogP contribution >= 0.6 is 11.3 Å². The zero-order valence-electron chi connectivity index (χ0n) is 14.0. The van der Waals surface area contributed by atoms with E-state index >= 15 is 0 Å². The van der Waals surface area contributed by atoms with Crippen LogP contribution in [0.1, 0.15) is 0 Å². The van der Waals surface area contributed by atoms with Gasteiger partial charge in [0, 0.05) is 16.5 Å². The SMILES string of the molecule is C[S@](=O)(=NS(=O)(=O)c1cc(S(=O)(=O)c2ccccc2)cs1)c1ccccc1. The van der Waals surface area contributed by atoms with Crippen LogP contribution in [-0.4, -0.2) is 27.3 Å². The second kappa shape index (κ2) is 7.19. The highest BCUT2D eigenvalue weighted by molar-refractivity contribution is 8.03. The molecule has 0 fully saturated rings. The molecule has 27 heavy (non-hydrogen) atoms. The standard InChI is InChI=1S/C17H15NO5S4/c1-25(19,14-8-4-2-5-9-14)18-27(22,23)17-12-16(13-24-17)26(20,21)15-10-6-3-7-11-15/h2-13H,1H3/t25-/m1/s1. The highest BCUT2D eigenvalue weighted by Gasteiger charge is 2.25. The van der Waals surface area contributed by atoms with Crippen LogP contribution in [0.4, 0.5) is 0 Å². The van der Waals surface area contributed by atoms with E-state index in [1.165, 1.54) is 35.9 Å². The Balaban J connectivity index is 2.04. The number of sulfone groups is 1. The van der Waals surface area contributed by atoms with Crippen molar-refractivity contribution in [2.45, 2.75) is 18.9 Å². The minimum Gasteiger partial charge on any atom is -0.244 e. The Bertz CT molecular complexity index is 1290. The molecule has 0 aliphatic heterocycles. The van der Waals surface area contributed by atoms with Crippen molar-refractivity contribution in [3.8, 4) is 0 Å². The van der Waals surface area contributed by atoms with Gasteiger partial charge in [-0.25, -0.2) is 12.6 Å². The summed E-state index contributed by atoms with van der Waals surface area (Å²) in [5, 5.41) is 1.24. The molecule has 0 aliphatic rings. The molecular weight excluding hydrogens is 426 g/mol. The molecule has 3 aromatic rings. The summed E-state index contributed by atoms with van der Waals surface area (Å²) in [4.78, 5) is 0.198. The Labute approximate surface area is 162 Å². The quantitative estimate of drug-likeness (QED) is 0.604. The Morgan fingerprint density at radius 3 is 1.81 bits per heavy atom. The fraction of sp³-hybridized carbons (Fsp3) is 0.0588. The highest BCUT2D eigenvalue weighted by Crippen LogP contribution is 2.30. The lowest BCUT2D eigenvalue weighted by atomic mass is 10.4. The first kappa shape index (κ1) is 19.7. The van der Waals surface area contributed by atoms with Crippen molar-refractivity contribution in [3.05, 3.63) is 72.1 Å². The number of benzene rings is 2. The van der Waals surface area contributed by atoms with Crippen molar-refractivity contribution in [2.75, 3.05) is 6.26 Å². The van der Waals surface area contributed by atoms with Crippen molar-refractivity contribution in [2.24, 2.45) is 3.77 Å². The van der Waals surface area contributed by atoms with Crippen LogP contribution in [0, 0.1) is 0 Å². The normalized spacial score (nSPS) is 14.4. The molecule has 0 radical (unpaired) electrons. The van der Waals surface area contributed by atoms with Crippen LogP contribution in [-0.2, 0) is 29.6 Å². The maximum atomic E-state index is 12.7. The summed E-state index contributed by atoms with van der Waals surface area (Å²) in [6.45, 7) is 0. The van der Waals surface area contributed by atoms with E-state index in [-0.39, 0.29) is 18.9 Å². The molecule has 3 rings (SSSR count). The summed E-state index contributed by atoms with van der Waals surface area (Å²) in [6, 6.07) is 16.8. The molecule has 0 bridgehead atoms. The number of hydrogen-bond acceptors (Lipinski definition) is 6. The molecule has 1 heterocycles. The number of thiophene rings is 1. The largest absolute Gasteiger partial charge is 0.299 e. The van der Waals surface area contributed by atoms with Gasteiger partial charge in [0.1, 0.15) is 4.21 Å². The van der Waals surface area contributed by atoms with Gasteiger partial charge in [-0.3, -0.25) is 0 Å². The summed E-state index contributed by atoms with van der Waals surface area (Å²) in [7, 11) is -11.3. The summed E-state index contributed by atoms with van der Waals surface area (Å²) >= 11 is 0.727. The van der Waals surface area contributed by atoms with Gasteiger partial charge < -0.3 is 0 Å². The first-order valence-corrected chi connectivity index (χ1v) is 13.3. The second-order valence-corrected chi connectivity index (χ2v) is 12.8. The molecule has 0 saturated carbocycles. The summed E-state index contributed by atoms with van der Waals surface area (Å²) in [6.07, 6.45) is 1.23. The van der Waals surface area contributed by atoms with Crippen LogP contribution < -0.4 is 0 Å². The van der Waals surface area contributed by atoms with Crippen LogP contribution in [0.2, 0.25) is 0 Å². The Morgan fingerprint density at radius 2 is 1.26 bits per heavy atom. The zero-order chi connectivity index (χ0) is 19.7. The fourth-order valence-corrected chi connectivity index (χ4v) is 8.59. The average molecular weight is 442 g/mol. The molecule has 2 aromatic carbocycles. The summed E-state index contributed by atoms with van der Waals surface area (Å²) < 4.78 is 66.4. The number of rotatable bonds is 5. The van der Waals surface area contributed by atoms with Gasteiger partial charge in [0.25, 0.3) is 10.0 Å². The molecule has 10 heteroatoms. The number of hydrogen-bond donors (Lipinski definition) is 0. The molecule has 0 aliphatic carbocycles. The van der Waals surface area contributed by atoms with Gasteiger partial charge in [-0.2, -0.15) is 8.42 Å². The third-order valence-corrected chi connectivity index (χ3v) is 10.8. The minimum absolute atomic E-state index is 0.0623. The molecule has 0 N–H and O–H groups in total.